The molecular formula is C16H26NO3P. The van der Waals surface area contributed by atoms with E-state index in [0.717, 1.165) is 0 Å². The Hall–Kier alpha value is -1.12. The zero-order valence-corrected chi connectivity index (χ0v) is 14.8. The Morgan fingerprint density at radius 1 is 1.19 bits per heavy atom. The van der Waals surface area contributed by atoms with E-state index in [1.54, 1.807) is 19.2 Å². The van der Waals surface area contributed by atoms with Crippen molar-refractivity contribution in [3.8, 4) is 5.75 Å². The third kappa shape index (κ3) is 4.42. The smallest absolute Gasteiger partial charge is 0.229 e. The van der Waals surface area contributed by atoms with Gasteiger partial charge in [-0.25, -0.2) is 0 Å². The summed E-state index contributed by atoms with van der Waals surface area (Å²) < 4.78 is 5.37. The number of benzene rings is 1. The van der Waals surface area contributed by atoms with Gasteiger partial charge in [0.15, 0.2) is 0 Å². The third-order valence-corrected chi connectivity index (χ3v) is 5.15. The Kier molecular flexibility index (Phi) is 5.40. The Bertz CT molecular complexity index is 515. The Balaban J connectivity index is 3.30. The molecule has 0 aliphatic heterocycles. The van der Waals surface area contributed by atoms with Gasteiger partial charge in [-0.2, -0.15) is 0 Å². The van der Waals surface area contributed by atoms with Crippen LogP contribution in [-0.4, -0.2) is 23.1 Å². The summed E-state index contributed by atoms with van der Waals surface area (Å²) in [6.07, 6.45) is 0. The van der Waals surface area contributed by atoms with Gasteiger partial charge < -0.3 is 14.9 Å². The van der Waals surface area contributed by atoms with E-state index in [1.807, 2.05) is 47.6 Å². The first kappa shape index (κ1) is 17.9. The molecule has 0 spiro atoms. The van der Waals surface area contributed by atoms with Crippen LogP contribution in [0.1, 0.15) is 41.5 Å². The van der Waals surface area contributed by atoms with E-state index in [1.165, 1.54) is 0 Å². The van der Waals surface area contributed by atoms with Gasteiger partial charge in [0, 0.05) is 10.6 Å². The summed E-state index contributed by atoms with van der Waals surface area (Å²) in [6.45, 7) is 11.5. The van der Waals surface area contributed by atoms with Crippen molar-refractivity contribution in [2.75, 3.05) is 12.4 Å². The second-order valence-corrected chi connectivity index (χ2v) is 9.46. The van der Waals surface area contributed by atoms with Crippen LogP contribution < -0.4 is 15.4 Å². The maximum absolute atomic E-state index is 12.2. The van der Waals surface area contributed by atoms with Crippen molar-refractivity contribution in [1.29, 1.82) is 0 Å². The van der Waals surface area contributed by atoms with Gasteiger partial charge in [0.05, 0.1) is 26.3 Å². The fourth-order valence-electron chi connectivity index (χ4n) is 1.65. The van der Waals surface area contributed by atoms with Crippen LogP contribution in [-0.2, 0) is 4.79 Å². The molecule has 4 nitrogen and oxygen atoms in total. The number of amides is 1. The molecule has 0 radical (unpaired) electrons. The Morgan fingerprint density at radius 2 is 1.76 bits per heavy atom. The number of methoxy groups -OCH3 is 1. The number of rotatable bonds is 3. The largest absolute Gasteiger partial charge is 0.496 e. The summed E-state index contributed by atoms with van der Waals surface area (Å²) in [4.78, 5) is 22.9. The summed E-state index contributed by atoms with van der Waals surface area (Å²) in [5.41, 5.74) is 0.123. The monoisotopic (exact) mass is 311 g/mol. The van der Waals surface area contributed by atoms with Gasteiger partial charge in [-0.1, -0.05) is 47.6 Å². The molecule has 1 rings (SSSR count). The lowest BCUT2D eigenvalue weighted by atomic mass is 9.95. The molecule has 0 aromatic heterocycles. The molecule has 0 aliphatic rings. The maximum Gasteiger partial charge on any atom is 0.229 e. The zero-order chi connectivity index (χ0) is 16.4. The van der Waals surface area contributed by atoms with Gasteiger partial charge in [-0.15, -0.1) is 0 Å². The van der Waals surface area contributed by atoms with Gasteiger partial charge in [0.1, 0.15) is 5.75 Å². The van der Waals surface area contributed by atoms with Crippen LogP contribution >= 0.6 is 8.15 Å². The molecule has 1 amide bonds. The Labute approximate surface area is 128 Å². The number of hydrogen-bond acceptors (Lipinski definition) is 3. The Morgan fingerprint density at radius 3 is 2.19 bits per heavy atom. The summed E-state index contributed by atoms with van der Waals surface area (Å²) in [7, 11) is 0.0992. The minimum atomic E-state index is -1.47. The number of anilines is 1. The minimum Gasteiger partial charge on any atom is -0.496 e. The SMILES string of the molecule is COc1cccc(NC(=O)C(C)(C)C)c1P(O)C(C)(C)C. The predicted molar refractivity (Wildman–Crippen MR) is 89.6 cm³/mol. The van der Waals surface area contributed by atoms with Crippen LogP contribution in [0, 0.1) is 5.41 Å². The van der Waals surface area contributed by atoms with Crippen molar-refractivity contribution in [3.05, 3.63) is 18.2 Å². The fourth-order valence-corrected chi connectivity index (χ4v) is 3.06. The molecule has 118 valence electrons. The molecule has 2 N–H and O–H groups in total. The number of ether oxygens (including phenoxy) is 1. The van der Waals surface area contributed by atoms with Gasteiger partial charge in [0.25, 0.3) is 0 Å². The molecule has 0 saturated carbocycles. The third-order valence-electron chi connectivity index (χ3n) is 3.00. The molecule has 1 atom stereocenters. The summed E-state index contributed by atoms with van der Waals surface area (Å²) in [5, 5.41) is 3.30. The second-order valence-electron chi connectivity index (χ2n) is 7.04. The highest BCUT2D eigenvalue weighted by Gasteiger charge is 2.31. The lowest BCUT2D eigenvalue weighted by Gasteiger charge is -2.29. The summed E-state index contributed by atoms with van der Waals surface area (Å²) in [6, 6.07) is 5.42. The van der Waals surface area contributed by atoms with Crippen molar-refractivity contribution >= 4 is 25.0 Å². The average Bonchev–Trinajstić information content (AvgIpc) is 2.35. The van der Waals surface area contributed by atoms with Gasteiger partial charge in [-0.05, 0) is 12.1 Å². The van der Waals surface area contributed by atoms with Gasteiger partial charge >= 0.3 is 0 Å². The van der Waals surface area contributed by atoms with Crippen molar-refractivity contribution in [2.24, 2.45) is 5.41 Å². The van der Waals surface area contributed by atoms with E-state index in [2.05, 4.69) is 5.32 Å². The molecule has 0 aliphatic carbocycles. The number of hydrogen-bond donors (Lipinski definition) is 2. The van der Waals surface area contributed by atoms with E-state index in [9.17, 15) is 9.69 Å². The molecule has 1 aromatic rings. The van der Waals surface area contributed by atoms with E-state index in [0.29, 0.717) is 16.7 Å². The normalized spacial score (nSPS) is 13.7. The van der Waals surface area contributed by atoms with Gasteiger partial charge in [-0.3, -0.25) is 4.79 Å². The predicted octanol–water partition coefficient (Wildman–Crippen LogP) is 3.49. The topological polar surface area (TPSA) is 58.6 Å². The molecule has 21 heavy (non-hydrogen) atoms. The van der Waals surface area contributed by atoms with Crippen molar-refractivity contribution in [2.45, 2.75) is 46.7 Å². The zero-order valence-electron chi connectivity index (χ0n) is 13.9. The van der Waals surface area contributed by atoms with E-state index in [-0.39, 0.29) is 11.1 Å². The minimum absolute atomic E-state index is 0.0886. The molecule has 0 bridgehead atoms. The van der Waals surface area contributed by atoms with Crippen LogP contribution in [0.5, 0.6) is 5.75 Å². The number of carbonyl (C=O) groups excluding carboxylic acids is 1. The van der Waals surface area contributed by atoms with Crippen LogP contribution in [0.25, 0.3) is 0 Å². The van der Waals surface area contributed by atoms with E-state index < -0.39 is 13.6 Å². The fraction of sp³-hybridized carbons (Fsp3) is 0.562. The van der Waals surface area contributed by atoms with Crippen LogP contribution in [0.2, 0.25) is 0 Å². The highest BCUT2D eigenvalue weighted by molar-refractivity contribution is 7.62. The quantitative estimate of drug-likeness (QED) is 0.840. The van der Waals surface area contributed by atoms with Crippen molar-refractivity contribution in [1.82, 2.24) is 0 Å². The van der Waals surface area contributed by atoms with Crippen LogP contribution in [0.15, 0.2) is 18.2 Å². The van der Waals surface area contributed by atoms with Crippen LogP contribution in [0.4, 0.5) is 5.69 Å². The second kappa shape index (κ2) is 6.33. The molecular weight excluding hydrogens is 285 g/mol. The first-order valence-electron chi connectivity index (χ1n) is 6.96. The lowest BCUT2D eigenvalue weighted by molar-refractivity contribution is -0.123. The maximum atomic E-state index is 12.2. The highest BCUT2D eigenvalue weighted by Crippen LogP contribution is 2.48. The molecule has 0 fully saturated rings. The van der Waals surface area contributed by atoms with Crippen molar-refractivity contribution < 1.29 is 14.4 Å². The van der Waals surface area contributed by atoms with E-state index >= 15 is 0 Å². The highest BCUT2D eigenvalue weighted by atomic mass is 31.1. The standard InChI is InChI=1S/C16H26NO3P/c1-15(2,3)14(18)17-11-9-8-10-12(20-7)13(11)21(19)16(4,5)6/h8-10,19H,1-7H3,(H,17,18). The molecule has 0 saturated heterocycles. The summed E-state index contributed by atoms with van der Waals surface area (Å²) in [5.74, 6) is 0.513. The lowest BCUT2D eigenvalue weighted by Crippen LogP contribution is -2.31. The number of nitrogens with one attached hydrogen (secondary N) is 1. The molecule has 1 unspecified atom stereocenters. The van der Waals surface area contributed by atoms with Gasteiger partial charge in [0.2, 0.25) is 5.91 Å². The van der Waals surface area contributed by atoms with Crippen molar-refractivity contribution in [3.63, 3.8) is 0 Å². The molecule has 1 aromatic carbocycles. The summed E-state index contributed by atoms with van der Waals surface area (Å²) >= 11 is 0. The molecule has 0 heterocycles. The van der Waals surface area contributed by atoms with E-state index in [4.69, 9.17) is 4.74 Å². The first-order valence-corrected chi connectivity index (χ1v) is 8.25. The average molecular weight is 311 g/mol. The first-order chi connectivity index (χ1) is 9.48. The number of carbonyl (C=O) groups is 1. The van der Waals surface area contributed by atoms with Crippen LogP contribution in [0.3, 0.4) is 0 Å². The molecule has 5 heteroatoms.